The van der Waals surface area contributed by atoms with Crippen LogP contribution in [0.2, 0.25) is 5.02 Å². The minimum Gasteiger partial charge on any atom is -0.493 e. The van der Waals surface area contributed by atoms with E-state index in [1.807, 2.05) is 12.4 Å². The number of aromatic nitrogens is 1. The first kappa shape index (κ1) is 16.8. The van der Waals surface area contributed by atoms with Crippen molar-refractivity contribution < 1.29 is 13.9 Å². The van der Waals surface area contributed by atoms with Crippen molar-refractivity contribution in [2.45, 2.75) is 13.3 Å². The summed E-state index contributed by atoms with van der Waals surface area (Å²) in [6.07, 6.45) is 0.772. The first-order valence-corrected chi connectivity index (χ1v) is 8.67. The van der Waals surface area contributed by atoms with Crippen molar-refractivity contribution in [2.75, 3.05) is 20.7 Å². The Morgan fingerprint density at radius 3 is 2.88 bits per heavy atom. The molecule has 0 bridgehead atoms. The second-order valence-corrected chi connectivity index (χ2v) is 6.85. The van der Waals surface area contributed by atoms with Crippen LogP contribution in [0.3, 0.4) is 0 Å². The lowest BCUT2D eigenvalue weighted by atomic mass is 10.2. The number of fused-ring (bicyclic) bond motifs is 1. The fourth-order valence-electron chi connectivity index (χ4n) is 2.47. The molecule has 0 N–H and O–H groups in total. The summed E-state index contributed by atoms with van der Waals surface area (Å²) in [5.74, 6) is 0.611. The van der Waals surface area contributed by atoms with Crippen LogP contribution in [0.15, 0.2) is 28.1 Å². The fraction of sp³-hybridized carbons (Fsp3) is 0.294. The van der Waals surface area contributed by atoms with Gasteiger partial charge in [-0.2, -0.15) is 0 Å². The molecule has 0 saturated heterocycles. The lowest BCUT2D eigenvalue weighted by Crippen LogP contribution is -2.28. The average molecular weight is 365 g/mol. The van der Waals surface area contributed by atoms with Crippen LogP contribution in [0.5, 0.6) is 5.75 Å². The molecule has 0 unspecified atom stereocenters. The molecule has 2 heterocycles. The Kier molecular flexibility index (Phi) is 4.78. The Bertz CT molecular complexity index is 887. The van der Waals surface area contributed by atoms with Crippen LogP contribution < -0.4 is 4.74 Å². The zero-order valence-corrected chi connectivity index (χ0v) is 15.2. The molecule has 126 valence electrons. The summed E-state index contributed by atoms with van der Waals surface area (Å²) in [4.78, 5) is 19.6. The van der Waals surface area contributed by atoms with Gasteiger partial charge in [0, 0.05) is 41.4 Å². The van der Waals surface area contributed by atoms with Gasteiger partial charge in [0.2, 0.25) is 0 Å². The summed E-state index contributed by atoms with van der Waals surface area (Å²) in [6, 6.07) is 5.11. The van der Waals surface area contributed by atoms with Gasteiger partial charge in [-0.3, -0.25) is 4.79 Å². The highest BCUT2D eigenvalue weighted by atomic mass is 35.5. The summed E-state index contributed by atoms with van der Waals surface area (Å²) in [5, 5.41) is 1.28. The number of likely N-dealkylation sites (N-methyl/N-ethyl adjacent to an activating group) is 1. The number of amides is 1. The third-order valence-corrected chi connectivity index (χ3v) is 5.06. The van der Waals surface area contributed by atoms with E-state index in [-0.39, 0.29) is 11.7 Å². The second kappa shape index (κ2) is 6.83. The highest BCUT2D eigenvalue weighted by molar-refractivity contribution is 7.09. The van der Waals surface area contributed by atoms with Gasteiger partial charge in [-0.1, -0.05) is 11.6 Å². The molecule has 7 heteroatoms. The normalized spacial score (nSPS) is 11.0. The van der Waals surface area contributed by atoms with E-state index in [0.29, 0.717) is 22.9 Å². The molecular formula is C17H17ClN2O3S. The molecule has 1 aromatic carbocycles. The van der Waals surface area contributed by atoms with Gasteiger partial charge >= 0.3 is 0 Å². The van der Waals surface area contributed by atoms with Gasteiger partial charge in [-0.05, 0) is 19.1 Å². The minimum atomic E-state index is -0.174. The van der Waals surface area contributed by atoms with Crippen molar-refractivity contribution in [1.29, 1.82) is 0 Å². The van der Waals surface area contributed by atoms with Gasteiger partial charge in [0.15, 0.2) is 17.1 Å². The van der Waals surface area contributed by atoms with Crippen molar-refractivity contribution in [3.8, 4) is 5.75 Å². The van der Waals surface area contributed by atoms with Crippen molar-refractivity contribution in [1.82, 2.24) is 9.88 Å². The Morgan fingerprint density at radius 1 is 1.42 bits per heavy atom. The predicted molar refractivity (Wildman–Crippen MR) is 95.3 cm³/mol. The summed E-state index contributed by atoms with van der Waals surface area (Å²) in [7, 11) is 3.30. The lowest BCUT2D eigenvalue weighted by Gasteiger charge is -2.15. The molecule has 0 aliphatic carbocycles. The number of carbonyl (C=O) groups excluding carboxylic acids is 1. The van der Waals surface area contributed by atoms with Crippen molar-refractivity contribution in [3.63, 3.8) is 0 Å². The van der Waals surface area contributed by atoms with Crippen LogP contribution in [0, 0.1) is 6.92 Å². The number of hydrogen-bond acceptors (Lipinski definition) is 5. The highest BCUT2D eigenvalue weighted by Gasteiger charge is 2.19. The van der Waals surface area contributed by atoms with Crippen LogP contribution in [0.4, 0.5) is 0 Å². The van der Waals surface area contributed by atoms with E-state index in [1.54, 1.807) is 48.6 Å². The van der Waals surface area contributed by atoms with Gasteiger partial charge in [-0.15, -0.1) is 11.3 Å². The molecule has 3 rings (SSSR count). The molecule has 3 aromatic rings. The van der Waals surface area contributed by atoms with Gasteiger partial charge in [0.1, 0.15) is 0 Å². The Hall–Kier alpha value is -2.05. The van der Waals surface area contributed by atoms with Gasteiger partial charge in [0.25, 0.3) is 5.91 Å². The largest absolute Gasteiger partial charge is 0.493 e. The summed E-state index contributed by atoms with van der Waals surface area (Å²) >= 11 is 7.66. The predicted octanol–water partition coefficient (Wildman–Crippen LogP) is 4.17. The summed E-state index contributed by atoms with van der Waals surface area (Å²) in [6.45, 7) is 2.57. The highest BCUT2D eigenvalue weighted by Crippen LogP contribution is 2.32. The maximum Gasteiger partial charge on any atom is 0.289 e. The SMILES string of the molecule is COc1cc(Cl)cc2cc(C(=O)N(C)CCc3scnc3C)oc12. The van der Waals surface area contributed by atoms with Crippen molar-refractivity contribution >= 4 is 39.8 Å². The van der Waals surface area contributed by atoms with Crippen LogP contribution in [0.1, 0.15) is 21.1 Å². The maximum atomic E-state index is 12.6. The quantitative estimate of drug-likeness (QED) is 0.681. The standard InChI is InChI=1S/C17H17ClN2O3S/c1-10-15(24-9-19-10)4-5-20(2)17(21)14-7-11-6-12(18)8-13(22-3)16(11)23-14/h6-9H,4-5H2,1-3H3. The molecule has 0 aliphatic rings. The molecule has 1 amide bonds. The number of nitrogens with zero attached hydrogens (tertiary/aromatic N) is 2. The lowest BCUT2D eigenvalue weighted by molar-refractivity contribution is 0.0767. The monoisotopic (exact) mass is 364 g/mol. The van der Waals surface area contributed by atoms with E-state index in [4.69, 9.17) is 20.8 Å². The number of hydrogen-bond donors (Lipinski definition) is 0. The zero-order chi connectivity index (χ0) is 17.3. The van der Waals surface area contributed by atoms with Crippen LogP contribution >= 0.6 is 22.9 Å². The number of ether oxygens (including phenoxy) is 1. The fourth-order valence-corrected chi connectivity index (χ4v) is 3.46. The number of rotatable bonds is 5. The van der Waals surface area contributed by atoms with Crippen LogP contribution in [-0.4, -0.2) is 36.5 Å². The number of carbonyl (C=O) groups is 1. The first-order valence-electron chi connectivity index (χ1n) is 7.41. The van der Waals surface area contributed by atoms with Crippen LogP contribution in [-0.2, 0) is 6.42 Å². The molecular weight excluding hydrogens is 348 g/mol. The number of aryl methyl sites for hydroxylation is 1. The molecule has 0 radical (unpaired) electrons. The minimum absolute atomic E-state index is 0.174. The van der Waals surface area contributed by atoms with Crippen molar-refractivity contribution in [2.24, 2.45) is 0 Å². The molecule has 0 saturated carbocycles. The topological polar surface area (TPSA) is 55.6 Å². The van der Waals surface area contributed by atoms with Gasteiger partial charge < -0.3 is 14.1 Å². The first-order chi connectivity index (χ1) is 11.5. The number of furan rings is 1. The molecule has 0 aliphatic heterocycles. The van der Waals surface area contributed by atoms with Gasteiger partial charge in [0.05, 0.1) is 18.3 Å². The van der Waals surface area contributed by atoms with Crippen molar-refractivity contribution in [3.05, 3.63) is 45.1 Å². The smallest absolute Gasteiger partial charge is 0.289 e. The van der Waals surface area contributed by atoms with E-state index < -0.39 is 0 Å². The molecule has 5 nitrogen and oxygen atoms in total. The summed E-state index contributed by atoms with van der Waals surface area (Å²) < 4.78 is 11.0. The van der Waals surface area contributed by atoms with E-state index >= 15 is 0 Å². The summed E-state index contributed by atoms with van der Waals surface area (Å²) in [5.41, 5.74) is 3.36. The molecule has 24 heavy (non-hydrogen) atoms. The number of benzene rings is 1. The number of thiazole rings is 1. The zero-order valence-electron chi connectivity index (χ0n) is 13.6. The Balaban J connectivity index is 1.79. The van der Waals surface area contributed by atoms with Crippen LogP contribution in [0.25, 0.3) is 11.0 Å². The molecule has 0 atom stereocenters. The third kappa shape index (κ3) is 3.25. The molecule has 2 aromatic heterocycles. The second-order valence-electron chi connectivity index (χ2n) is 5.47. The Labute approximate surface area is 148 Å². The molecule has 0 fully saturated rings. The number of halogens is 1. The Morgan fingerprint density at radius 2 is 2.21 bits per heavy atom. The van der Waals surface area contributed by atoms with E-state index in [0.717, 1.165) is 17.5 Å². The van der Waals surface area contributed by atoms with E-state index in [2.05, 4.69) is 4.98 Å². The third-order valence-electron chi connectivity index (χ3n) is 3.84. The average Bonchev–Trinajstić information content (AvgIpc) is 3.16. The van der Waals surface area contributed by atoms with Gasteiger partial charge in [-0.25, -0.2) is 4.98 Å². The molecule has 0 spiro atoms. The number of methoxy groups -OCH3 is 1. The maximum absolute atomic E-state index is 12.6. The van der Waals surface area contributed by atoms with E-state index in [1.165, 1.54) is 4.88 Å². The van der Waals surface area contributed by atoms with E-state index in [9.17, 15) is 4.79 Å².